The molecule has 1 unspecified atom stereocenters. The van der Waals surface area contributed by atoms with Crippen molar-refractivity contribution >= 4 is 12.0 Å². The second-order valence-electron chi connectivity index (χ2n) is 9.44. The molecule has 172 valence electrons. The lowest BCUT2D eigenvalue weighted by Crippen LogP contribution is -2.37. The van der Waals surface area contributed by atoms with E-state index in [1.54, 1.807) is 24.5 Å². The zero-order valence-corrected chi connectivity index (χ0v) is 19.4. The number of benzene rings is 1. The highest BCUT2D eigenvalue weighted by Gasteiger charge is 2.46. The molecular weight excluding hydrogens is 427 g/mol. The van der Waals surface area contributed by atoms with Crippen molar-refractivity contribution in [1.82, 2.24) is 20.1 Å². The molecule has 2 heterocycles. The molecule has 3 aromatic rings. The lowest BCUT2D eigenvalue weighted by molar-refractivity contribution is -0.119. The summed E-state index contributed by atoms with van der Waals surface area (Å²) < 4.78 is 15.3. The summed E-state index contributed by atoms with van der Waals surface area (Å²) in [5.41, 5.74) is 5.38. The number of allylic oxidation sites excluding steroid dienone is 1. The molecule has 6 heteroatoms. The quantitative estimate of drug-likeness (QED) is 0.581. The van der Waals surface area contributed by atoms with Crippen LogP contribution in [0.25, 0.3) is 11.8 Å². The Hall–Kier alpha value is -3.72. The highest BCUT2D eigenvalue weighted by molar-refractivity contribution is 5.73. The number of hydrogen-bond acceptors (Lipinski definition) is 3. The first kappa shape index (κ1) is 22.1. The van der Waals surface area contributed by atoms with Crippen molar-refractivity contribution in [2.24, 2.45) is 11.3 Å². The largest absolute Gasteiger partial charge is 0.343 e. The number of rotatable bonds is 4. The molecule has 5 nitrogen and oxygen atoms in total. The fourth-order valence-corrected chi connectivity index (χ4v) is 5.39. The van der Waals surface area contributed by atoms with Crippen LogP contribution in [0.3, 0.4) is 0 Å². The molecule has 2 aliphatic carbocycles. The Morgan fingerprint density at radius 2 is 2.12 bits per heavy atom. The molecule has 0 spiro atoms. The maximum atomic E-state index is 13.4. The summed E-state index contributed by atoms with van der Waals surface area (Å²) in [5, 5.41) is 7.65. The van der Waals surface area contributed by atoms with Gasteiger partial charge in [0.1, 0.15) is 5.82 Å². The van der Waals surface area contributed by atoms with E-state index in [9.17, 15) is 9.18 Å². The van der Waals surface area contributed by atoms with Gasteiger partial charge in [-0.3, -0.25) is 9.78 Å². The van der Waals surface area contributed by atoms with Crippen molar-refractivity contribution in [3.63, 3.8) is 0 Å². The molecule has 1 amide bonds. The molecule has 1 saturated carbocycles. The average molecular weight is 455 g/mol. The zero-order valence-electron chi connectivity index (χ0n) is 19.4. The normalized spacial score (nSPS) is 21.5. The van der Waals surface area contributed by atoms with Crippen LogP contribution in [0, 0.1) is 29.0 Å². The Morgan fingerprint density at radius 1 is 1.29 bits per heavy atom. The van der Waals surface area contributed by atoms with Gasteiger partial charge >= 0.3 is 0 Å². The average Bonchev–Trinajstić information content (AvgIpc) is 3.36. The first-order valence-electron chi connectivity index (χ1n) is 11.6. The number of fused-ring (bicyclic) bond motifs is 2. The van der Waals surface area contributed by atoms with Crippen LogP contribution in [-0.2, 0) is 11.2 Å². The number of carbonyl (C=O) groups excluding carboxylic acids is 1. The minimum Gasteiger partial charge on any atom is -0.343 e. The number of carbonyl (C=O) groups is 1. The van der Waals surface area contributed by atoms with Crippen molar-refractivity contribution in [2.75, 3.05) is 0 Å². The minimum absolute atomic E-state index is 0.00361. The lowest BCUT2D eigenvalue weighted by atomic mass is 9.68. The van der Waals surface area contributed by atoms with Crippen LogP contribution < -0.4 is 5.32 Å². The Bertz CT molecular complexity index is 1300. The molecular formula is C28H27FN4O. The molecule has 1 aromatic carbocycles. The molecule has 0 bridgehead atoms. The van der Waals surface area contributed by atoms with E-state index in [0.717, 1.165) is 42.6 Å². The summed E-state index contributed by atoms with van der Waals surface area (Å²) in [6.45, 7) is 3.87. The van der Waals surface area contributed by atoms with E-state index >= 15 is 0 Å². The molecule has 0 saturated heterocycles. The van der Waals surface area contributed by atoms with Crippen LogP contribution in [0.4, 0.5) is 4.39 Å². The monoisotopic (exact) mass is 454 g/mol. The molecule has 0 aliphatic heterocycles. The number of pyridine rings is 1. The van der Waals surface area contributed by atoms with Crippen LogP contribution in [0.1, 0.15) is 49.9 Å². The summed E-state index contributed by atoms with van der Waals surface area (Å²) in [4.78, 5) is 16.0. The lowest BCUT2D eigenvalue weighted by Gasteiger charge is -2.37. The van der Waals surface area contributed by atoms with E-state index < -0.39 is 0 Å². The summed E-state index contributed by atoms with van der Waals surface area (Å²) in [7, 11) is 0. The van der Waals surface area contributed by atoms with E-state index in [4.69, 9.17) is 0 Å². The fourth-order valence-electron chi connectivity index (χ4n) is 5.39. The summed E-state index contributed by atoms with van der Waals surface area (Å²) in [6.07, 6.45) is 11.4. The number of amides is 1. The molecule has 1 N–H and O–H groups in total. The maximum absolute atomic E-state index is 13.4. The van der Waals surface area contributed by atoms with Crippen LogP contribution in [0.15, 0.2) is 60.6 Å². The van der Waals surface area contributed by atoms with E-state index in [-0.39, 0.29) is 23.2 Å². The van der Waals surface area contributed by atoms with Crippen molar-refractivity contribution in [1.29, 1.82) is 0 Å². The number of halogens is 1. The SMILES string of the molecule is CC(=O)NC(C#Cc1cccnc1)C[C@H]1CCC2=Cc3c(cnn3-c3ccc(F)cc3)C[C@@]21C. The van der Waals surface area contributed by atoms with Gasteiger partial charge in [0.05, 0.1) is 23.6 Å². The Labute approximate surface area is 199 Å². The Morgan fingerprint density at radius 3 is 2.85 bits per heavy atom. The van der Waals surface area contributed by atoms with Gasteiger partial charge in [-0.05, 0) is 85.1 Å². The van der Waals surface area contributed by atoms with Crippen LogP contribution in [0.5, 0.6) is 0 Å². The number of hydrogen-bond donors (Lipinski definition) is 1. The van der Waals surface area contributed by atoms with Gasteiger partial charge in [-0.15, -0.1) is 0 Å². The van der Waals surface area contributed by atoms with E-state index in [2.05, 4.69) is 40.2 Å². The molecule has 3 atom stereocenters. The van der Waals surface area contributed by atoms with Crippen molar-refractivity contribution in [2.45, 2.75) is 45.6 Å². The van der Waals surface area contributed by atoms with Gasteiger partial charge in [0.2, 0.25) is 5.91 Å². The van der Waals surface area contributed by atoms with Crippen LogP contribution in [0.2, 0.25) is 0 Å². The Kier molecular flexibility index (Phi) is 5.79. The third kappa shape index (κ3) is 4.26. The highest BCUT2D eigenvalue weighted by atomic mass is 19.1. The summed E-state index contributed by atoms with van der Waals surface area (Å²) in [6, 6.07) is 9.99. The summed E-state index contributed by atoms with van der Waals surface area (Å²) in [5.74, 6) is 6.50. The molecule has 0 radical (unpaired) electrons. The van der Waals surface area contributed by atoms with Crippen LogP contribution in [-0.4, -0.2) is 26.7 Å². The van der Waals surface area contributed by atoms with E-state index in [1.807, 2.05) is 23.0 Å². The molecule has 2 aromatic heterocycles. The molecule has 1 fully saturated rings. The minimum atomic E-state index is -0.255. The number of nitrogens with one attached hydrogen (secondary N) is 1. The second kappa shape index (κ2) is 8.90. The van der Waals surface area contributed by atoms with Gasteiger partial charge in [0, 0.05) is 24.9 Å². The van der Waals surface area contributed by atoms with Gasteiger partial charge in [-0.1, -0.05) is 24.3 Å². The van der Waals surface area contributed by atoms with Crippen molar-refractivity contribution in [3.8, 4) is 17.5 Å². The van der Waals surface area contributed by atoms with Crippen LogP contribution >= 0.6 is 0 Å². The van der Waals surface area contributed by atoms with Gasteiger partial charge in [-0.25, -0.2) is 9.07 Å². The summed E-state index contributed by atoms with van der Waals surface area (Å²) >= 11 is 0. The van der Waals surface area contributed by atoms with Gasteiger partial charge < -0.3 is 5.32 Å². The second-order valence-corrected chi connectivity index (χ2v) is 9.44. The molecule has 34 heavy (non-hydrogen) atoms. The smallest absolute Gasteiger partial charge is 0.217 e. The van der Waals surface area contributed by atoms with E-state index in [0.29, 0.717) is 5.92 Å². The van der Waals surface area contributed by atoms with Crippen molar-refractivity contribution in [3.05, 3.63) is 83.2 Å². The molecule has 2 aliphatic rings. The van der Waals surface area contributed by atoms with Gasteiger partial charge in [0.15, 0.2) is 0 Å². The van der Waals surface area contributed by atoms with Crippen molar-refractivity contribution < 1.29 is 9.18 Å². The fraction of sp³-hybridized carbons (Fsp3) is 0.321. The van der Waals surface area contributed by atoms with Gasteiger partial charge in [-0.2, -0.15) is 5.10 Å². The highest BCUT2D eigenvalue weighted by Crippen LogP contribution is 2.54. The van der Waals surface area contributed by atoms with Gasteiger partial charge in [0.25, 0.3) is 0 Å². The zero-order chi connectivity index (χ0) is 23.7. The predicted octanol–water partition coefficient (Wildman–Crippen LogP) is 4.71. The number of aromatic nitrogens is 3. The van der Waals surface area contributed by atoms with E-state index in [1.165, 1.54) is 30.2 Å². The first-order chi connectivity index (χ1) is 16.4. The number of nitrogens with zero attached hydrogens (tertiary/aromatic N) is 3. The third-order valence-corrected chi connectivity index (χ3v) is 7.17. The maximum Gasteiger partial charge on any atom is 0.217 e. The predicted molar refractivity (Wildman–Crippen MR) is 129 cm³/mol. The topological polar surface area (TPSA) is 59.8 Å². The standard InChI is InChI=1S/C28H27FN4O/c1-19(34)32-25(10-5-20-4-3-13-30-17-20)14-22-6-7-23-15-27-21(16-28(22,23)2)18-31-33(27)26-11-8-24(29)9-12-26/h3-4,8-9,11-13,15,17-18,22,25H,6-7,14,16H2,1-2H3,(H,32,34)/t22-,25?,28-/m1/s1. The third-order valence-electron chi connectivity index (χ3n) is 7.17. The first-order valence-corrected chi connectivity index (χ1v) is 11.6. The molecule has 5 rings (SSSR count). The Balaban J connectivity index is 1.40.